The summed E-state index contributed by atoms with van der Waals surface area (Å²) in [5, 5.41) is 17.7. The van der Waals surface area contributed by atoms with Crippen LogP contribution in [0.1, 0.15) is 54.9 Å². The second-order valence-electron chi connectivity index (χ2n) is 7.86. The van der Waals surface area contributed by atoms with E-state index >= 15 is 0 Å². The van der Waals surface area contributed by atoms with E-state index in [0.717, 1.165) is 12.0 Å². The molecule has 1 aromatic carbocycles. The lowest BCUT2D eigenvalue weighted by Crippen LogP contribution is -2.51. The number of aryl methyl sites for hydroxylation is 1. The monoisotopic (exact) mass is 368 g/mol. The molecule has 7 heteroatoms. The third-order valence-electron chi connectivity index (χ3n) is 5.76. The summed E-state index contributed by atoms with van der Waals surface area (Å²) in [6.07, 6.45) is 0.772. The Hall–Kier alpha value is -2.70. The zero-order valence-corrected chi connectivity index (χ0v) is 15.8. The number of hydrogen-bond donors (Lipinski definition) is 1. The first kappa shape index (κ1) is 17.7. The van der Waals surface area contributed by atoms with Crippen LogP contribution in [-0.4, -0.2) is 42.7 Å². The van der Waals surface area contributed by atoms with Crippen LogP contribution in [0.5, 0.6) is 0 Å². The number of carbonyl (C=O) groups excluding carboxylic acids is 1. The minimum atomic E-state index is -0.986. The quantitative estimate of drug-likeness (QED) is 0.895. The normalized spacial score (nSPS) is 24.0. The molecular weight excluding hydrogens is 344 g/mol. The van der Waals surface area contributed by atoms with E-state index in [0.29, 0.717) is 17.6 Å². The van der Waals surface area contributed by atoms with Gasteiger partial charge in [0.25, 0.3) is 0 Å². The Labute approximate surface area is 158 Å². The Morgan fingerprint density at radius 2 is 1.89 bits per heavy atom. The number of carbonyl (C=O) groups is 2. The molecule has 0 spiro atoms. The number of fused-ring (bicyclic) bond motifs is 1. The van der Waals surface area contributed by atoms with Crippen molar-refractivity contribution in [2.45, 2.75) is 58.2 Å². The number of rotatable bonds is 4. The van der Waals surface area contributed by atoms with Gasteiger partial charge in [-0.3, -0.25) is 4.79 Å². The Morgan fingerprint density at radius 3 is 2.52 bits per heavy atom. The fourth-order valence-corrected chi connectivity index (χ4v) is 3.93. The van der Waals surface area contributed by atoms with Gasteiger partial charge in [-0.2, -0.15) is 0 Å². The maximum Gasteiger partial charge on any atom is 0.328 e. The minimum Gasteiger partial charge on any atom is -0.480 e. The van der Waals surface area contributed by atoms with Crippen molar-refractivity contribution in [2.24, 2.45) is 5.92 Å². The van der Waals surface area contributed by atoms with Gasteiger partial charge in [0.1, 0.15) is 11.9 Å². The van der Waals surface area contributed by atoms with E-state index in [-0.39, 0.29) is 30.8 Å². The predicted octanol–water partition coefficient (Wildman–Crippen LogP) is 2.31. The smallest absolute Gasteiger partial charge is 0.328 e. The highest BCUT2D eigenvalue weighted by atomic mass is 16.4. The van der Waals surface area contributed by atoms with Crippen molar-refractivity contribution >= 4 is 11.9 Å². The van der Waals surface area contributed by atoms with Crippen molar-refractivity contribution < 1.29 is 14.7 Å². The highest BCUT2D eigenvalue weighted by Gasteiger charge is 2.49. The highest BCUT2D eigenvalue weighted by molar-refractivity contribution is 5.87. The molecule has 1 saturated carbocycles. The van der Waals surface area contributed by atoms with E-state index in [9.17, 15) is 14.7 Å². The molecule has 142 valence electrons. The van der Waals surface area contributed by atoms with Gasteiger partial charge >= 0.3 is 5.97 Å². The van der Waals surface area contributed by atoms with Gasteiger partial charge in [-0.1, -0.05) is 38.1 Å². The molecule has 0 bridgehead atoms. The molecule has 2 heterocycles. The zero-order chi connectivity index (χ0) is 19.3. The van der Waals surface area contributed by atoms with Crippen molar-refractivity contribution in [3.8, 4) is 0 Å². The third-order valence-corrected chi connectivity index (χ3v) is 5.76. The molecule has 2 aromatic rings. The SMILES string of the molecule is Cc1nnc2n1CC(C(=O)O)N(C(=O)C1CC1c1ccc(C(C)C)cc1)C2. The van der Waals surface area contributed by atoms with Crippen LogP contribution in [0.4, 0.5) is 0 Å². The van der Waals surface area contributed by atoms with E-state index in [4.69, 9.17) is 0 Å². The minimum absolute atomic E-state index is 0.0905. The van der Waals surface area contributed by atoms with Crippen LogP contribution in [-0.2, 0) is 22.7 Å². The van der Waals surface area contributed by atoms with Gasteiger partial charge in [0, 0.05) is 5.92 Å². The van der Waals surface area contributed by atoms with E-state index in [1.54, 1.807) is 11.5 Å². The summed E-state index contributed by atoms with van der Waals surface area (Å²) in [4.78, 5) is 26.3. The summed E-state index contributed by atoms with van der Waals surface area (Å²) < 4.78 is 1.79. The van der Waals surface area contributed by atoms with Gasteiger partial charge in [-0.05, 0) is 36.3 Å². The van der Waals surface area contributed by atoms with Crippen molar-refractivity contribution in [1.29, 1.82) is 0 Å². The number of hydrogen-bond acceptors (Lipinski definition) is 4. The number of aliphatic carboxylic acids is 1. The molecule has 4 rings (SSSR count). The van der Waals surface area contributed by atoms with Gasteiger partial charge in [0.05, 0.1) is 13.1 Å². The number of carboxylic acid groups (broad SMARTS) is 1. The second kappa shape index (κ2) is 6.48. The fraction of sp³-hybridized carbons (Fsp3) is 0.500. The van der Waals surface area contributed by atoms with Gasteiger partial charge in [0.15, 0.2) is 5.82 Å². The average molecular weight is 368 g/mol. The maximum absolute atomic E-state index is 13.1. The lowest BCUT2D eigenvalue weighted by molar-refractivity contribution is -0.153. The van der Waals surface area contributed by atoms with Crippen molar-refractivity contribution in [1.82, 2.24) is 19.7 Å². The van der Waals surface area contributed by atoms with Gasteiger partial charge in [-0.25, -0.2) is 4.79 Å². The first-order valence-corrected chi connectivity index (χ1v) is 9.38. The molecule has 1 aliphatic carbocycles. The molecule has 1 N–H and O–H groups in total. The number of amides is 1. The van der Waals surface area contributed by atoms with E-state index < -0.39 is 12.0 Å². The van der Waals surface area contributed by atoms with Crippen LogP contribution in [0.25, 0.3) is 0 Å². The van der Waals surface area contributed by atoms with Crippen LogP contribution < -0.4 is 0 Å². The summed E-state index contributed by atoms with van der Waals surface area (Å²) in [7, 11) is 0. The summed E-state index contributed by atoms with van der Waals surface area (Å²) in [5.41, 5.74) is 2.43. The van der Waals surface area contributed by atoms with Crippen LogP contribution in [0, 0.1) is 12.8 Å². The van der Waals surface area contributed by atoms with E-state index in [1.165, 1.54) is 10.5 Å². The van der Waals surface area contributed by atoms with Crippen molar-refractivity contribution in [3.63, 3.8) is 0 Å². The molecule has 7 nitrogen and oxygen atoms in total. The average Bonchev–Trinajstić information content (AvgIpc) is 3.37. The standard InChI is InChI=1S/C20H24N4O3/c1-11(2)13-4-6-14(7-5-13)15-8-16(15)19(25)24-10-18-22-21-12(3)23(18)9-17(24)20(26)27/h4-7,11,15-17H,8-10H2,1-3H3,(H,26,27). The summed E-state index contributed by atoms with van der Waals surface area (Å²) >= 11 is 0. The summed E-state index contributed by atoms with van der Waals surface area (Å²) in [6.45, 7) is 6.51. The molecule has 2 aliphatic rings. The van der Waals surface area contributed by atoms with Crippen molar-refractivity contribution in [2.75, 3.05) is 0 Å². The Balaban J connectivity index is 1.51. The molecule has 1 fully saturated rings. The molecule has 0 saturated heterocycles. The molecule has 1 aromatic heterocycles. The largest absolute Gasteiger partial charge is 0.480 e. The van der Waals surface area contributed by atoms with E-state index in [2.05, 4.69) is 48.3 Å². The maximum atomic E-state index is 13.1. The van der Waals surface area contributed by atoms with Gasteiger partial charge in [0.2, 0.25) is 5.91 Å². The lowest BCUT2D eigenvalue weighted by Gasteiger charge is -2.33. The fourth-order valence-electron chi connectivity index (χ4n) is 3.93. The number of aromatic nitrogens is 3. The van der Waals surface area contributed by atoms with Crippen LogP contribution in [0.2, 0.25) is 0 Å². The first-order chi connectivity index (χ1) is 12.9. The molecule has 1 aliphatic heterocycles. The first-order valence-electron chi connectivity index (χ1n) is 9.38. The molecule has 3 unspecified atom stereocenters. The lowest BCUT2D eigenvalue weighted by atomic mass is 9.99. The summed E-state index contributed by atoms with van der Waals surface area (Å²) in [6, 6.07) is 7.55. The highest BCUT2D eigenvalue weighted by Crippen LogP contribution is 2.49. The molecule has 3 atom stereocenters. The van der Waals surface area contributed by atoms with Crippen LogP contribution in [0.3, 0.4) is 0 Å². The Bertz CT molecular complexity index is 887. The third kappa shape index (κ3) is 3.11. The number of nitrogens with zero attached hydrogens (tertiary/aromatic N) is 4. The molecular formula is C20H24N4O3. The summed E-state index contributed by atoms with van der Waals surface area (Å²) in [5.74, 6) is 0.755. The molecule has 0 radical (unpaired) electrons. The molecule has 1 amide bonds. The Kier molecular flexibility index (Phi) is 4.25. The topological polar surface area (TPSA) is 88.3 Å². The second-order valence-corrected chi connectivity index (χ2v) is 7.86. The molecule has 27 heavy (non-hydrogen) atoms. The van der Waals surface area contributed by atoms with Gasteiger partial charge < -0.3 is 14.6 Å². The van der Waals surface area contributed by atoms with Crippen LogP contribution >= 0.6 is 0 Å². The van der Waals surface area contributed by atoms with Gasteiger partial charge in [-0.15, -0.1) is 10.2 Å². The number of benzene rings is 1. The Morgan fingerprint density at radius 1 is 1.19 bits per heavy atom. The number of carboxylic acids is 1. The van der Waals surface area contributed by atoms with Crippen LogP contribution in [0.15, 0.2) is 24.3 Å². The predicted molar refractivity (Wildman–Crippen MR) is 98.1 cm³/mol. The van der Waals surface area contributed by atoms with E-state index in [1.807, 2.05) is 0 Å². The van der Waals surface area contributed by atoms with Crippen molar-refractivity contribution in [3.05, 3.63) is 47.0 Å². The zero-order valence-electron chi connectivity index (χ0n) is 15.8.